The van der Waals surface area contributed by atoms with E-state index in [0.29, 0.717) is 23.8 Å². The van der Waals surface area contributed by atoms with Crippen molar-refractivity contribution in [2.75, 3.05) is 24.3 Å². The maximum Gasteiger partial charge on any atom is 0.230 e. The van der Waals surface area contributed by atoms with Crippen LogP contribution in [0.2, 0.25) is 0 Å². The minimum atomic E-state index is -2.86. The molecule has 1 fully saturated rings. The third-order valence-corrected chi connectivity index (χ3v) is 6.19. The smallest absolute Gasteiger partial charge is 0.230 e. The standard InChI is InChI=1S/C11H18N4O3S2/c1-12-10(16)6-19-11-14-13-9(15(11)2)5-8-3-4-20(17,18)7-8/h8H,3-7H2,1-2H3,(H,12,16)/t8-/m1/s1. The van der Waals surface area contributed by atoms with Crippen LogP contribution in [0.15, 0.2) is 5.16 Å². The third kappa shape index (κ3) is 3.72. The molecule has 2 heterocycles. The van der Waals surface area contributed by atoms with E-state index in [-0.39, 0.29) is 23.3 Å². The Kier molecular flexibility index (Phi) is 4.69. The molecule has 0 unspecified atom stereocenters. The van der Waals surface area contributed by atoms with E-state index in [2.05, 4.69) is 15.5 Å². The van der Waals surface area contributed by atoms with Gasteiger partial charge in [-0.2, -0.15) is 0 Å². The number of nitrogens with one attached hydrogen (secondary N) is 1. The van der Waals surface area contributed by atoms with Gasteiger partial charge in [-0.25, -0.2) is 8.42 Å². The average molecular weight is 318 g/mol. The number of carbonyl (C=O) groups is 1. The van der Waals surface area contributed by atoms with Crippen LogP contribution in [0, 0.1) is 5.92 Å². The molecule has 1 amide bonds. The molecule has 1 aliphatic rings. The second-order valence-corrected chi connectivity index (χ2v) is 8.06. The van der Waals surface area contributed by atoms with E-state index in [9.17, 15) is 13.2 Å². The van der Waals surface area contributed by atoms with Crippen molar-refractivity contribution in [3.05, 3.63) is 5.82 Å². The van der Waals surface area contributed by atoms with Crippen LogP contribution >= 0.6 is 11.8 Å². The lowest BCUT2D eigenvalue weighted by Gasteiger charge is -2.07. The lowest BCUT2D eigenvalue weighted by Crippen LogP contribution is -2.20. The van der Waals surface area contributed by atoms with Crippen LogP contribution in [-0.2, 0) is 28.1 Å². The van der Waals surface area contributed by atoms with Crippen LogP contribution in [0.5, 0.6) is 0 Å². The number of rotatable bonds is 5. The number of carbonyl (C=O) groups excluding carboxylic acids is 1. The predicted molar refractivity (Wildman–Crippen MR) is 76.3 cm³/mol. The molecule has 0 saturated carbocycles. The van der Waals surface area contributed by atoms with Gasteiger partial charge in [0.2, 0.25) is 5.91 Å². The number of hydrogen-bond acceptors (Lipinski definition) is 6. The number of thioether (sulfide) groups is 1. The molecule has 20 heavy (non-hydrogen) atoms. The molecule has 0 bridgehead atoms. The Balaban J connectivity index is 1.97. The Morgan fingerprint density at radius 3 is 2.85 bits per heavy atom. The maximum absolute atomic E-state index is 11.4. The van der Waals surface area contributed by atoms with Gasteiger partial charge in [-0.15, -0.1) is 10.2 Å². The molecule has 7 nitrogen and oxygen atoms in total. The molecule has 1 aromatic heterocycles. The van der Waals surface area contributed by atoms with Gasteiger partial charge < -0.3 is 9.88 Å². The molecule has 0 aliphatic carbocycles. The average Bonchev–Trinajstić information content (AvgIpc) is 2.91. The summed E-state index contributed by atoms with van der Waals surface area (Å²) in [5, 5.41) is 11.4. The molecule has 0 aromatic carbocycles. The molecule has 1 N–H and O–H groups in total. The molecule has 1 aliphatic heterocycles. The number of amides is 1. The fraction of sp³-hybridized carbons (Fsp3) is 0.727. The number of aromatic nitrogens is 3. The summed E-state index contributed by atoms with van der Waals surface area (Å²) in [6.45, 7) is 0. The SMILES string of the molecule is CNC(=O)CSc1nnc(C[C@H]2CCS(=O)(=O)C2)n1C. The van der Waals surface area contributed by atoms with Crippen LogP contribution < -0.4 is 5.32 Å². The fourth-order valence-electron chi connectivity index (χ4n) is 2.14. The van der Waals surface area contributed by atoms with Crippen LogP contribution in [-0.4, -0.2) is 53.4 Å². The van der Waals surface area contributed by atoms with Crippen LogP contribution in [0.4, 0.5) is 0 Å². The molecule has 0 radical (unpaired) electrons. The Hall–Kier alpha value is -1.09. The van der Waals surface area contributed by atoms with E-state index in [0.717, 1.165) is 5.82 Å². The van der Waals surface area contributed by atoms with E-state index >= 15 is 0 Å². The molecule has 1 atom stereocenters. The summed E-state index contributed by atoms with van der Waals surface area (Å²) in [7, 11) is 0.565. The Morgan fingerprint density at radius 2 is 2.25 bits per heavy atom. The second-order valence-electron chi connectivity index (χ2n) is 4.89. The van der Waals surface area contributed by atoms with Crippen molar-refractivity contribution in [1.82, 2.24) is 20.1 Å². The highest BCUT2D eigenvalue weighted by Gasteiger charge is 2.29. The van der Waals surface area contributed by atoms with Gasteiger partial charge >= 0.3 is 0 Å². The summed E-state index contributed by atoms with van der Waals surface area (Å²) in [4.78, 5) is 11.2. The minimum absolute atomic E-state index is 0.0681. The van der Waals surface area contributed by atoms with E-state index < -0.39 is 9.84 Å². The first-order valence-electron chi connectivity index (χ1n) is 6.33. The van der Waals surface area contributed by atoms with Gasteiger partial charge in [0, 0.05) is 20.5 Å². The van der Waals surface area contributed by atoms with Crippen LogP contribution in [0.3, 0.4) is 0 Å². The molecule has 9 heteroatoms. The number of nitrogens with zero attached hydrogens (tertiary/aromatic N) is 3. The predicted octanol–water partition coefficient (Wildman–Crippen LogP) is -0.370. The minimum Gasteiger partial charge on any atom is -0.358 e. The van der Waals surface area contributed by atoms with Crippen molar-refractivity contribution >= 4 is 27.5 Å². The zero-order valence-electron chi connectivity index (χ0n) is 11.5. The Labute approximate surface area is 122 Å². The quantitative estimate of drug-likeness (QED) is 0.745. The third-order valence-electron chi connectivity index (χ3n) is 3.33. The Morgan fingerprint density at radius 1 is 1.50 bits per heavy atom. The van der Waals surface area contributed by atoms with Crippen LogP contribution in [0.25, 0.3) is 0 Å². The summed E-state index contributed by atoms with van der Waals surface area (Å²) >= 11 is 1.32. The maximum atomic E-state index is 11.4. The van der Waals surface area contributed by atoms with E-state index in [1.807, 2.05) is 11.6 Å². The molecule has 1 aromatic rings. The van der Waals surface area contributed by atoms with Gasteiger partial charge in [0.15, 0.2) is 15.0 Å². The fourth-order valence-corrected chi connectivity index (χ4v) is 4.81. The number of sulfone groups is 1. The summed E-state index contributed by atoms with van der Waals surface area (Å²) in [6, 6.07) is 0. The second kappa shape index (κ2) is 6.13. The van der Waals surface area contributed by atoms with Crippen LogP contribution in [0.1, 0.15) is 12.2 Å². The molecule has 0 spiro atoms. The highest BCUT2D eigenvalue weighted by molar-refractivity contribution is 7.99. The molecular weight excluding hydrogens is 300 g/mol. The van der Waals surface area contributed by atoms with Crippen molar-refractivity contribution in [1.29, 1.82) is 0 Å². The first kappa shape index (κ1) is 15.3. The summed E-state index contributed by atoms with van der Waals surface area (Å²) in [5.41, 5.74) is 0. The summed E-state index contributed by atoms with van der Waals surface area (Å²) in [5.74, 6) is 1.63. The number of hydrogen-bond donors (Lipinski definition) is 1. The van der Waals surface area contributed by atoms with Crippen molar-refractivity contribution in [3.8, 4) is 0 Å². The van der Waals surface area contributed by atoms with Gasteiger partial charge in [0.05, 0.1) is 17.3 Å². The lowest BCUT2D eigenvalue weighted by molar-refractivity contribution is -0.118. The van der Waals surface area contributed by atoms with Crippen molar-refractivity contribution in [2.45, 2.75) is 18.0 Å². The monoisotopic (exact) mass is 318 g/mol. The molecule has 112 valence electrons. The molecule has 2 rings (SSSR count). The zero-order chi connectivity index (χ0) is 14.8. The van der Waals surface area contributed by atoms with Gasteiger partial charge in [-0.05, 0) is 12.3 Å². The van der Waals surface area contributed by atoms with Crippen molar-refractivity contribution < 1.29 is 13.2 Å². The van der Waals surface area contributed by atoms with E-state index in [1.165, 1.54) is 11.8 Å². The molecular formula is C11H18N4O3S2. The van der Waals surface area contributed by atoms with Crippen molar-refractivity contribution in [3.63, 3.8) is 0 Å². The normalized spacial score (nSPS) is 21.0. The van der Waals surface area contributed by atoms with Gasteiger partial charge in [0.1, 0.15) is 5.82 Å². The van der Waals surface area contributed by atoms with E-state index in [1.54, 1.807) is 7.05 Å². The summed E-state index contributed by atoms with van der Waals surface area (Å²) in [6.07, 6.45) is 1.30. The largest absolute Gasteiger partial charge is 0.358 e. The van der Waals surface area contributed by atoms with Gasteiger partial charge in [-0.3, -0.25) is 4.79 Å². The van der Waals surface area contributed by atoms with Gasteiger partial charge in [-0.1, -0.05) is 11.8 Å². The lowest BCUT2D eigenvalue weighted by atomic mass is 10.1. The molecule has 1 saturated heterocycles. The van der Waals surface area contributed by atoms with Gasteiger partial charge in [0.25, 0.3) is 0 Å². The highest BCUT2D eigenvalue weighted by Crippen LogP contribution is 2.23. The zero-order valence-corrected chi connectivity index (χ0v) is 13.1. The topological polar surface area (TPSA) is 94.0 Å². The summed E-state index contributed by atoms with van der Waals surface area (Å²) < 4.78 is 24.7. The Bertz CT molecular complexity index is 597. The van der Waals surface area contributed by atoms with E-state index in [4.69, 9.17) is 0 Å². The van der Waals surface area contributed by atoms with Crippen molar-refractivity contribution in [2.24, 2.45) is 13.0 Å². The highest BCUT2D eigenvalue weighted by atomic mass is 32.2. The first-order chi connectivity index (χ1) is 9.41. The first-order valence-corrected chi connectivity index (χ1v) is 9.14.